The topological polar surface area (TPSA) is 180 Å². The Morgan fingerprint density at radius 1 is 0.581 bits per heavy atom. The van der Waals surface area contributed by atoms with E-state index in [2.05, 4.69) is 49.7 Å². The van der Waals surface area contributed by atoms with E-state index in [1.54, 1.807) is 18.2 Å². The molecule has 394 valence electrons. The van der Waals surface area contributed by atoms with Gasteiger partial charge in [0.15, 0.2) is 13.2 Å². The average molecular weight is 1040 g/mol. The van der Waals surface area contributed by atoms with Crippen molar-refractivity contribution in [2.75, 3.05) is 99.2 Å². The first-order valence-electron chi connectivity index (χ1n) is 24.1. The van der Waals surface area contributed by atoms with Gasteiger partial charge in [-0.3, -0.25) is 14.5 Å². The SMILES string of the molecule is Cc1nc(N2CCC(N3CCCC3)CC2)nc2ccc(NC(=O)COc3ccc(OC(F)(F)F)cc3)cc12.Cc1nc(N2CCN(CCO)CC2)nc2ccc(NC(=O)COc3ccc(OC(F)(F)F)cc3)cc12. The highest BCUT2D eigenvalue weighted by atomic mass is 19.4. The lowest BCUT2D eigenvalue weighted by Gasteiger charge is -2.36. The first kappa shape index (κ1) is 53.1. The van der Waals surface area contributed by atoms with E-state index in [-0.39, 0.29) is 42.8 Å². The lowest BCUT2D eigenvalue weighted by atomic mass is 10.0. The van der Waals surface area contributed by atoms with Crippen LogP contribution in [-0.4, -0.2) is 144 Å². The van der Waals surface area contributed by atoms with Gasteiger partial charge >= 0.3 is 12.7 Å². The fraction of sp³-hybridized carbons (Fsp3) is 0.412. The van der Waals surface area contributed by atoms with Crippen LogP contribution in [0.4, 0.5) is 49.6 Å². The molecular weight excluding hydrogens is 979 g/mol. The maximum absolute atomic E-state index is 12.4. The lowest BCUT2D eigenvalue weighted by Crippen LogP contribution is -2.47. The number of fused-ring (bicyclic) bond motifs is 2. The third-order valence-corrected chi connectivity index (χ3v) is 12.6. The third-order valence-electron chi connectivity index (χ3n) is 12.6. The van der Waals surface area contributed by atoms with Crippen LogP contribution in [0.3, 0.4) is 0 Å². The first-order valence-corrected chi connectivity index (χ1v) is 24.1. The van der Waals surface area contributed by atoms with Crippen LogP contribution < -0.4 is 39.4 Å². The summed E-state index contributed by atoms with van der Waals surface area (Å²) >= 11 is 0. The summed E-state index contributed by atoms with van der Waals surface area (Å²) in [5.74, 6) is 0.295. The minimum Gasteiger partial charge on any atom is -0.484 e. The number of nitrogens with one attached hydrogen (secondary N) is 2. The van der Waals surface area contributed by atoms with Gasteiger partial charge in [-0.1, -0.05) is 0 Å². The molecule has 6 aromatic rings. The van der Waals surface area contributed by atoms with E-state index in [9.17, 15) is 35.9 Å². The number of benzene rings is 4. The quantitative estimate of drug-likeness (QED) is 0.0845. The summed E-state index contributed by atoms with van der Waals surface area (Å²) in [5.41, 5.74) is 4.30. The predicted octanol–water partition coefficient (Wildman–Crippen LogP) is 7.89. The van der Waals surface area contributed by atoms with Crippen molar-refractivity contribution in [1.29, 1.82) is 0 Å². The Balaban J connectivity index is 0.000000197. The minimum absolute atomic E-state index is 0.143. The van der Waals surface area contributed by atoms with Crippen molar-refractivity contribution < 1.29 is 60.0 Å². The summed E-state index contributed by atoms with van der Waals surface area (Å²) in [5, 5.41) is 16.3. The van der Waals surface area contributed by atoms with Crippen molar-refractivity contribution in [1.82, 2.24) is 29.7 Å². The van der Waals surface area contributed by atoms with Gasteiger partial charge < -0.3 is 49.4 Å². The number of aliphatic hydroxyl groups is 1. The summed E-state index contributed by atoms with van der Waals surface area (Å²) in [6, 6.07) is 21.1. The number of hydrogen-bond acceptors (Lipinski definition) is 15. The molecule has 4 aromatic carbocycles. The molecule has 3 saturated heterocycles. The third kappa shape index (κ3) is 14.9. The Kier molecular flexibility index (Phi) is 17.0. The van der Waals surface area contributed by atoms with Crippen LogP contribution in [0, 0.1) is 13.8 Å². The Labute approximate surface area is 422 Å². The van der Waals surface area contributed by atoms with Crippen LogP contribution >= 0.6 is 0 Å². The van der Waals surface area contributed by atoms with E-state index < -0.39 is 24.5 Å². The van der Waals surface area contributed by atoms with E-state index in [1.807, 2.05) is 32.0 Å². The molecule has 2 amide bonds. The molecule has 23 heteroatoms. The number of hydrogen-bond donors (Lipinski definition) is 3. The molecule has 0 aliphatic carbocycles. The van der Waals surface area contributed by atoms with Crippen molar-refractivity contribution in [2.45, 2.75) is 58.3 Å². The van der Waals surface area contributed by atoms with Gasteiger partial charge in [-0.05, 0) is 138 Å². The maximum atomic E-state index is 12.4. The number of alkyl halides is 6. The molecule has 5 heterocycles. The molecule has 0 bridgehead atoms. The summed E-state index contributed by atoms with van der Waals surface area (Å²) in [4.78, 5) is 52.8. The summed E-state index contributed by atoms with van der Waals surface area (Å²) < 4.78 is 91.9. The second kappa shape index (κ2) is 23.7. The summed E-state index contributed by atoms with van der Waals surface area (Å²) in [6.07, 6.45) is -4.68. The largest absolute Gasteiger partial charge is 0.573 e. The molecule has 17 nitrogen and oxygen atoms in total. The number of piperidine rings is 1. The zero-order chi connectivity index (χ0) is 52.4. The smallest absolute Gasteiger partial charge is 0.484 e. The van der Waals surface area contributed by atoms with Crippen LogP contribution in [0.15, 0.2) is 84.9 Å². The molecule has 0 saturated carbocycles. The summed E-state index contributed by atoms with van der Waals surface area (Å²) in [7, 11) is 0. The van der Waals surface area contributed by atoms with Crippen LogP contribution in [-0.2, 0) is 9.59 Å². The number of aromatic nitrogens is 4. The average Bonchev–Trinajstić information content (AvgIpc) is 3.92. The molecular formula is C51H56F6N10O7. The van der Waals surface area contributed by atoms with Crippen LogP contribution in [0.25, 0.3) is 21.8 Å². The monoisotopic (exact) mass is 1030 g/mol. The number of nitrogens with zero attached hydrogens (tertiary/aromatic N) is 8. The molecule has 0 atom stereocenters. The number of piperazine rings is 1. The highest BCUT2D eigenvalue weighted by molar-refractivity contribution is 5.96. The molecule has 3 fully saturated rings. The normalized spacial score (nSPS) is 15.9. The van der Waals surface area contributed by atoms with Gasteiger partial charge in [0.05, 0.1) is 29.0 Å². The van der Waals surface area contributed by atoms with Gasteiger partial charge in [0.1, 0.15) is 23.0 Å². The maximum Gasteiger partial charge on any atom is 0.573 e. The molecule has 0 spiro atoms. The number of rotatable bonds is 15. The highest BCUT2D eigenvalue weighted by Gasteiger charge is 2.32. The second-order valence-electron chi connectivity index (χ2n) is 17.9. The predicted molar refractivity (Wildman–Crippen MR) is 265 cm³/mol. The van der Waals surface area contributed by atoms with Crippen LogP contribution in [0.5, 0.6) is 23.0 Å². The van der Waals surface area contributed by atoms with Gasteiger partial charge in [-0.15, -0.1) is 26.3 Å². The molecule has 0 radical (unpaired) electrons. The van der Waals surface area contributed by atoms with Crippen molar-refractivity contribution in [3.05, 3.63) is 96.3 Å². The van der Waals surface area contributed by atoms with E-state index in [1.165, 1.54) is 50.2 Å². The molecule has 2 aromatic heterocycles. The summed E-state index contributed by atoms with van der Waals surface area (Å²) in [6.45, 7) is 11.5. The van der Waals surface area contributed by atoms with Crippen molar-refractivity contribution in [3.8, 4) is 23.0 Å². The fourth-order valence-corrected chi connectivity index (χ4v) is 8.99. The zero-order valence-electron chi connectivity index (χ0n) is 40.7. The number of aryl methyl sites for hydroxylation is 2. The van der Waals surface area contributed by atoms with Gasteiger partial charge in [-0.2, -0.15) is 0 Å². The number of carbonyl (C=O) groups excluding carboxylic acids is 2. The number of ether oxygens (including phenoxy) is 4. The number of anilines is 4. The molecule has 74 heavy (non-hydrogen) atoms. The second-order valence-corrected chi connectivity index (χ2v) is 17.9. The first-order chi connectivity index (χ1) is 35.4. The number of halogens is 6. The van der Waals surface area contributed by atoms with Gasteiger partial charge in [-0.25, -0.2) is 19.9 Å². The Morgan fingerprint density at radius 2 is 1.00 bits per heavy atom. The Morgan fingerprint density at radius 3 is 1.42 bits per heavy atom. The Hall–Kier alpha value is -7.24. The van der Waals surface area contributed by atoms with Gasteiger partial charge in [0, 0.05) is 74.0 Å². The van der Waals surface area contributed by atoms with Crippen molar-refractivity contribution in [3.63, 3.8) is 0 Å². The number of amides is 2. The lowest BCUT2D eigenvalue weighted by molar-refractivity contribution is -0.275. The molecule has 3 aliphatic heterocycles. The van der Waals surface area contributed by atoms with Crippen molar-refractivity contribution >= 4 is 56.9 Å². The number of carbonyl (C=O) groups is 2. The minimum atomic E-state index is -4.77. The number of β-amino-alcohol motifs (C(OH)–C–C–N with tert-alkyl or cyclic N) is 1. The zero-order valence-corrected chi connectivity index (χ0v) is 40.7. The Bertz CT molecular complexity index is 2860. The van der Waals surface area contributed by atoms with E-state index >= 15 is 0 Å². The molecule has 9 rings (SSSR count). The van der Waals surface area contributed by atoms with E-state index in [0.29, 0.717) is 29.9 Å². The standard InChI is InChI=1S/C27H30F3N5O3.C24H26F3N5O4/c1-18-23-16-19(32-25(36)17-37-21-5-7-22(8-6-21)38-27(28,29)30)4-9-24(23)33-26(31-18)35-14-10-20(11-15-35)34-12-2-3-13-34;1-16-20-14-17(29-22(34)15-35-18-3-5-19(6-4-18)36-24(25,26)27)2-7-21(20)30-23(28-16)32-10-8-31(9-11-32)12-13-33/h4-9,16,20H,2-3,10-15,17H2,1H3,(H,32,36);2-7,14,33H,8-13,15H2,1H3,(H,29,34). The van der Waals surface area contributed by atoms with Crippen molar-refractivity contribution in [2.24, 2.45) is 0 Å². The molecule has 3 aliphatic rings. The van der Waals surface area contributed by atoms with Crippen LogP contribution in [0.2, 0.25) is 0 Å². The fourth-order valence-electron chi connectivity index (χ4n) is 8.99. The van der Waals surface area contributed by atoms with Crippen LogP contribution in [0.1, 0.15) is 37.1 Å². The van der Waals surface area contributed by atoms with E-state index in [4.69, 9.17) is 24.5 Å². The molecule has 0 unspecified atom stereocenters. The van der Waals surface area contributed by atoms with E-state index in [0.717, 1.165) is 116 Å². The van der Waals surface area contributed by atoms with Gasteiger partial charge in [0.2, 0.25) is 11.9 Å². The molecule has 3 N–H and O–H groups in total. The number of aliphatic hydroxyl groups excluding tert-OH is 1. The number of likely N-dealkylation sites (tertiary alicyclic amines) is 1. The highest BCUT2D eigenvalue weighted by Crippen LogP contribution is 2.30. The van der Waals surface area contributed by atoms with Gasteiger partial charge in [0.25, 0.3) is 11.8 Å².